The van der Waals surface area contributed by atoms with E-state index in [0.29, 0.717) is 15.9 Å². The van der Waals surface area contributed by atoms with E-state index in [0.717, 1.165) is 11.3 Å². The average Bonchev–Trinajstić information content (AvgIpc) is 3.17. The van der Waals surface area contributed by atoms with Gasteiger partial charge < -0.3 is 4.42 Å². The van der Waals surface area contributed by atoms with Crippen LogP contribution < -0.4 is 5.32 Å². The smallest absolute Gasteiger partial charge is 0.250 e. The second-order valence-corrected chi connectivity index (χ2v) is 5.62. The minimum atomic E-state index is -0.267. The lowest BCUT2D eigenvalue weighted by Gasteiger charge is -1.99. The third kappa shape index (κ3) is 3.44. The van der Waals surface area contributed by atoms with E-state index in [9.17, 15) is 4.79 Å². The highest BCUT2D eigenvalue weighted by Crippen LogP contribution is 2.30. The van der Waals surface area contributed by atoms with Gasteiger partial charge in [-0.25, -0.2) is 4.98 Å². The van der Waals surface area contributed by atoms with Crippen LogP contribution >= 0.6 is 22.9 Å². The van der Waals surface area contributed by atoms with Gasteiger partial charge in [0, 0.05) is 22.0 Å². The molecular formula is C16H11ClN2O2S. The standard InChI is InChI=1S/C16H11ClN2O2S/c17-13-6-2-1-5-12(13)14-10-22-16(18-14)19-15(20)8-7-11-4-3-9-21-11/h1-10H,(H,18,19,20)/b8-7+. The first-order chi connectivity index (χ1) is 10.7. The number of nitrogens with zero attached hydrogens (tertiary/aromatic N) is 1. The van der Waals surface area contributed by atoms with E-state index in [2.05, 4.69) is 10.3 Å². The van der Waals surface area contributed by atoms with Crippen LogP contribution in [0.3, 0.4) is 0 Å². The van der Waals surface area contributed by atoms with Crippen molar-refractivity contribution >= 4 is 40.1 Å². The summed E-state index contributed by atoms with van der Waals surface area (Å²) in [7, 11) is 0. The normalized spacial score (nSPS) is 11.0. The van der Waals surface area contributed by atoms with Crippen molar-refractivity contribution in [1.82, 2.24) is 4.98 Å². The number of thiazole rings is 1. The summed E-state index contributed by atoms with van der Waals surface area (Å²) in [5.41, 5.74) is 1.58. The van der Waals surface area contributed by atoms with Gasteiger partial charge in [-0.3, -0.25) is 10.1 Å². The molecule has 0 unspecified atom stereocenters. The summed E-state index contributed by atoms with van der Waals surface area (Å²) >= 11 is 7.48. The lowest BCUT2D eigenvalue weighted by molar-refractivity contribution is -0.111. The zero-order valence-corrected chi connectivity index (χ0v) is 12.9. The molecule has 4 nitrogen and oxygen atoms in total. The van der Waals surface area contributed by atoms with E-state index >= 15 is 0 Å². The second kappa shape index (κ2) is 6.60. The van der Waals surface area contributed by atoms with Crippen LogP contribution in [0.15, 0.2) is 58.5 Å². The summed E-state index contributed by atoms with van der Waals surface area (Å²) in [4.78, 5) is 16.2. The molecule has 0 saturated carbocycles. The molecule has 1 amide bonds. The highest BCUT2D eigenvalue weighted by atomic mass is 35.5. The molecular weight excluding hydrogens is 320 g/mol. The average molecular weight is 331 g/mol. The van der Waals surface area contributed by atoms with Crippen LogP contribution in [-0.4, -0.2) is 10.9 Å². The zero-order valence-electron chi connectivity index (χ0n) is 11.3. The summed E-state index contributed by atoms with van der Waals surface area (Å²) in [6, 6.07) is 11.0. The van der Waals surface area contributed by atoms with Crippen molar-refractivity contribution in [2.75, 3.05) is 5.32 Å². The minimum Gasteiger partial charge on any atom is -0.465 e. The Kier molecular flexibility index (Phi) is 4.37. The van der Waals surface area contributed by atoms with Gasteiger partial charge in [-0.15, -0.1) is 11.3 Å². The van der Waals surface area contributed by atoms with Gasteiger partial charge in [0.05, 0.1) is 12.0 Å². The monoisotopic (exact) mass is 330 g/mol. The molecule has 3 rings (SSSR count). The Bertz CT molecular complexity index is 809. The number of carbonyl (C=O) groups excluding carboxylic acids is 1. The topological polar surface area (TPSA) is 55.1 Å². The molecule has 0 radical (unpaired) electrons. The number of aromatic nitrogens is 1. The Hall–Kier alpha value is -2.37. The zero-order chi connectivity index (χ0) is 15.4. The Balaban J connectivity index is 1.69. The van der Waals surface area contributed by atoms with E-state index < -0.39 is 0 Å². The first-order valence-corrected chi connectivity index (χ1v) is 7.71. The number of anilines is 1. The molecule has 1 N–H and O–H groups in total. The largest absolute Gasteiger partial charge is 0.465 e. The predicted molar refractivity (Wildman–Crippen MR) is 88.9 cm³/mol. The van der Waals surface area contributed by atoms with E-state index in [1.165, 1.54) is 17.4 Å². The van der Waals surface area contributed by atoms with E-state index in [1.807, 2.05) is 23.6 Å². The lowest BCUT2D eigenvalue weighted by Crippen LogP contribution is -2.07. The lowest BCUT2D eigenvalue weighted by atomic mass is 10.2. The number of halogens is 1. The van der Waals surface area contributed by atoms with Crippen LogP contribution in [-0.2, 0) is 4.79 Å². The fourth-order valence-corrected chi connectivity index (χ4v) is 2.76. The Labute approximate surface area is 136 Å². The van der Waals surface area contributed by atoms with Crippen LogP contribution in [0.25, 0.3) is 17.3 Å². The van der Waals surface area contributed by atoms with Crippen molar-refractivity contribution in [3.63, 3.8) is 0 Å². The Morgan fingerprint density at radius 3 is 2.91 bits per heavy atom. The Morgan fingerprint density at radius 1 is 1.27 bits per heavy atom. The molecule has 0 aliphatic heterocycles. The molecule has 0 bridgehead atoms. The fourth-order valence-electron chi connectivity index (χ4n) is 1.81. The Morgan fingerprint density at radius 2 is 2.14 bits per heavy atom. The number of carbonyl (C=O) groups is 1. The molecule has 22 heavy (non-hydrogen) atoms. The van der Waals surface area contributed by atoms with Gasteiger partial charge in [0.1, 0.15) is 5.76 Å². The number of hydrogen-bond acceptors (Lipinski definition) is 4. The second-order valence-electron chi connectivity index (χ2n) is 4.36. The third-order valence-corrected chi connectivity index (χ3v) is 3.91. The molecule has 0 fully saturated rings. The van der Waals surface area contributed by atoms with Crippen LogP contribution in [0.4, 0.5) is 5.13 Å². The number of furan rings is 1. The number of benzene rings is 1. The number of rotatable bonds is 4. The molecule has 0 aliphatic carbocycles. The highest BCUT2D eigenvalue weighted by Gasteiger charge is 2.08. The van der Waals surface area contributed by atoms with Crippen molar-refractivity contribution < 1.29 is 9.21 Å². The quantitative estimate of drug-likeness (QED) is 0.705. The van der Waals surface area contributed by atoms with Crippen molar-refractivity contribution in [1.29, 1.82) is 0 Å². The summed E-state index contributed by atoms with van der Waals surface area (Å²) in [5.74, 6) is 0.350. The van der Waals surface area contributed by atoms with Gasteiger partial charge in [-0.1, -0.05) is 29.8 Å². The number of hydrogen-bond donors (Lipinski definition) is 1. The summed E-state index contributed by atoms with van der Waals surface area (Å²) in [5, 5.41) is 5.71. The van der Waals surface area contributed by atoms with Crippen molar-refractivity contribution in [3.8, 4) is 11.3 Å². The van der Waals surface area contributed by atoms with Crippen molar-refractivity contribution in [2.45, 2.75) is 0 Å². The van der Waals surface area contributed by atoms with Gasteiger partial charge >= 0.3 is 0 Å². The van der Waals surface area contributed by atoms with E-state index in [4.69, 9.17) is 16.0 Å². The molecule has 1 aromatic carbocycles. The van der Waals surface area contributed by atoms with E-state index in [-0.39, 0.29) is 5.91 Å². The minimum absolute atomic E-state index is 0.267. The molecule has 6 heteroatoms. The molecule has 2 heterocycles. The van der Waals surface area contributed by atoms with Crippen molar-refractivity contribution in [2.24, 2.45) is 0 Å². The van der Waals surface area contributed by atoms with Gasteiger partial charge in [-0.2, -0.15) is 0 Å². The molecule has 0 saturated heterocycles. The van der Waals surface area contributed by atoms with E-state index in [1.54, 1.807) is 30.5 Å². The van der Waals surface area contributed by atoms with Gasteiger partial charge in [0.25, 0.3) is 0 Å². The first-order valence-electron chi connectivity index (χ1n) is 6.45. The SMILES string of the molecule is O=C(/C=C/c1ccco1)Nc1nc(-c2ccccc2Cl)cs1. The fraction of sp³-hybridized carbons (Fsp3) is 0. The summed E-state index contributed by atoms with van der Waals surface area (Å²) in [6.07, 6.45) is 4.54. The maximum Gasteiger partial charge on any atom is 0.250 e. The third-order valence-electron chi connectivity index (χ3n) is 2.83. The van der Waals surface area contributed by atoms with Crippen LogP contribution in [0.2, 0.25) is 5.02 Å². The maximum atomic E-state index is 11.8. The van der Waals surface area contributed by atoms with Gasteiger partial charge in [-0.05, 0) is 24.3 Å². The molecule has 110 valence electrons. The maximum absolute atomic E-state index is 11.8. The molecule has 0 atom stereocenters. The predicted octanol–water partition coefficient (Wildman–Crippen LogP) is 4.71. The molecule has 0 aliphatic rings. The van der Waals surface area contributed by atoms with Gasteiger partial charge in [0.15, 0.2) is 5.13 Å². The summed E-state index contributed by atoms with van der Waals surface area (Å²) < 4.78 is 5.11. The highest BCUT2D eigenvalue weighted by molar-refractivity contribution is 7.14. The molecule has 3 aromatic rings. The van der Waals surface area contributed by atoms with Crippen LogP contribution in [0.5, 0.6) is 0 Å². The van der Waals surface area contributed by atoms with Crippen LogP contribution in [0.1, 0.15) is 5.76 Å². The molecule has 2 aromatic heterocycles. The molecule has 0 spiro atoms. The number of amides is 1. The van der Waals surface area contributed by atoms with Crippen molar-refractivity contribution in [3.05, 3.63) is 64.9 Å². The summed E-state index contributed by atoms with van der Waals surface area (Å²) in [6.45, 7) is 0. The van der Waals surface area contributed by atoms with Crippen LogP contribution in [0, 0.1) is 0 Å². The first kappa shape index (κ1) is 14.6. The number of nitrogens with one attached hydrogen (secondary N) is 1. The van der Waals surface area contributed by atoms with Gasteiger partial charge in [0.2, 0.25) is 5.91 Å².